The molecule has 7 nitrogen and oxygen atoms in total. The van der Waals surface area contributed by atoms with Crippen LogP contribution in [-0.4, -0.2) is 36.1 Å². The standard InChI is InChI=1S/C24H20ClFN4O3S/c1-29(15-17-14-27-30(16-17)20-5-3-2-4-6-20)24(31)22-13-21(11-12-23(22)25)34(32,33)28-19-9-7-18(26)8-10-19/h2-14,16,28H,15H2,1H3. The minimum absolute atomic E-state index is 0.0431. The minimum Gasteiger partial charge on any atom is -0.337 e. The molecule has 4 rings (SSSR count). The normalized spacial score (nSPS) is 11.3. The Morgan fingerprint density at radius 3 is 2.50 bits per heavy atom. The molecule has 1 N–H and O–H groups in total. The molecule has 1 aromatic heterocycles. The topological polar surface area (TPSA) is 84.3 Å². The summed E-state index contributed by atoms with van der Waals surface area (Å²) in [6.45, 7) is 0.243. The summed E-state index contributed by atoms with van der Waals surface area (Å²) in [5.74, 6) is -0.934. The number of rotatable bonds is 7. The smallest absolute Gasteiger partial charge is 0.261 e. The summed E-state index contributed by atoms with van der Waals surface area (Å²) in [5.41, 5.74) is 1.91. The molecule has 4 aromatic rings. The van der Waals surface area contributed by atoms with E-state index < -0.39 is 21.7 Å². The van der Waals surface area contributed by atoms with E-state index in [2.05, 4.69) is 9.82 Å². The highest BCUT2D eigenvalue weighted by Gasteiger charge is 2.21. The highest BCUT2D eigenvalue weighted by Crippen LogP contribution is 2.24. The molecule has 1 amide bonds. The fourth-order valence-corrected chi connectivity index (χ4v) is 4.57. The van der Waals surface area contributed by atoms with Crippen molar-refractivity contribution in [2.45, 2.75) is 11.4 Å². The van der Waals surface area contributed by atoms with Gasteiger partial charge in [0, 0.05) is 31.0 Å². The van der Waals surface area contributed by atoms with Crippen LogP contribution in [0.2, 0.25) is 5.02 Å². The van der Waals surface area contributed by atoms with Crippen LogP contribution >= 0.6 is 11.6 Å². The van der Waals surface area contributed by atoms with Gasteiger partial charge in [0.15, 0.2) is 0 Å². The predicted octanol–water partition coefficient (Wildman–Crippen LogP) is 4.74. The van der Waals surface area contributed by atoms with E-state index in [0.29, 0.717) is 0 Å². The van der Waals surface area contributed by atoms with Crippen LogP contribution in [0.15, 0.2) is 90.1 Å². The van der Waals surface area contributed by atoms with E-state index in [0.717, 1.165) is 23.4 Å². The van der Waals surface area contributed by atoms with Crippen LogP contribution in [0.4, 0.5) is 10.1 Å². The Morgan fingerprint density at radius 1 is 1.09 bits per heavy atom. The van der Waals surface area contributed by atoms with Gasteiger partial charge in [-0.1, -0.05) is 29.8 Å². The second-order valence-corrected chi connectivity index (χ2v) is 9.63. The van der Waals surface area contributed by atoms with Crippen molar-refractivity contribution in [3.63, 3.8) is 0 Å². The van der Waals surface area contributed by atoms with Crippen molar-refractivity contribution in [2.75, 3.05) is 11.8 Å². The summed E-state index contributed by atoms with van der Waals surface area (Å²) in [4.78, 5) is 14.4. The second-order valence-electron chi connectivity index (χ2n) is 7.54. The SMILES string of the molecule is CN(Cc1cnn(-c2ccccc2)c1)C(=O)c1cc(S(=O)(=O)Nc2ccc(F)cc2)ccc1Cl. The molecule has 1 heterocycles. The maximum Gasteiger partial charge on any atom is 0.261 e. The third-order valence-corrected chi connectivity index (χ3v) is 6.71. The molecule has 3 aromatic carbocycles. The van der Waals surface area contributed by atoms with Gasteiger partial charge in [-0.15, -0.1) is 0 Å². The van der Waals surface area contributed by atoms with Crippen LogP contribution in [-0.2, 0) is 16.6 Å². The van der Waals surface area contributed by atoms with E-state index >= 15 is 0 Å². The Kier molecular flexibility index (Phi) is 6.67. The molecule has 0 spiro atoms. The molecule has 0 aliphatic heterocycles. The molecule has 0 aliphatic rings. The molecular formula is C24H20ClFN4O3S. The van der Waals surface area contributed by atoms with Gasteiger partial charge >= 0.3 is 0 Å². The number of para-hydroxylation sites is 1. The van der Waals surface area contributed by atoms with Gasteiger partial charge in [-0.3, -0.25) is 9.52 Å². The largest absolute Gasteiger partial charge is 0.337 e. The number of anilines is 1. The Bertz CT molecular complexity index is 1420. The van der Waals surface area contributed by atoms with Gasteiger partial charge < -0.3 is 4.90 Å². The Labute approximate surface area is 201 Å². The zero-order chi connectivity index (χ0) is 24.3. The number of sulfonamides is 1. The van der Waals surface area contributed by atoms with Gasteiger partial charge in [-0.2, -0.15) is 5.10 Å². The lowest BCUT2D eigenvalue weighted by Gasteiger charge is -2.18. The average molecular weight is 499 g/mol. The summed E-state index contributed by atoms with van der Waals surface area (Å²) >= 11 is 6.23. The summed E-state index contributed by atoms with van der Waals surface area (Å²) in [6.07, 6.45) is 3.47. The molecule has 10 heteroatoms. The molecule has 0 fully saturated rings. The van der Waals surface area contributed by atoms with Crippen molar-refractivity contribution in [3.05, 3.63) is 107 Å². The summed E-state index contributed by atoms with van der Waals surface area (Å²) < 4.78 is 42.7. The lowest BCUT2D eigenvalue weighted by Crippen LogP contribution is -2.26. The highest BCUT2D eigenvalue weighted by atomic mass is 35.5. The molecule has 0 radical (unpaired) electrons. The zero-order valence-electron chi connectivity index (χ0n) is 18.0. The maximum absolute atomic E-state index is 13.1. The monoisotopic (exact) mass is 498 g/mol. The van der Waals surface area contributed by atoms with Crippen molar-refractivity contribution in [3.8, 4) is 5.69 Å². The zero-order valence-corrected chi connectivity index (χ0v) is 19.6. The van der Waals surface area contributed by atoms with E-state index in [1.54, 1.807) is 17.9 Å². The number of carbonyl (C=O) groups excluding carboxylic acids is 1. The first-order valence-electron chi connectivity index (χ1n) is 10.2. The van der Waals surface area contributed by atoms with Crippen LogP contribution in [0.5, 0.6) is 0 Å². The van der Waals surface area contributed by atoms with Gasteiger partial charge in [0.2, 0.25) is 0 Å². The van der Waals surface area contributed by atoms with E-state index in [1.807, 2.05) is 36.5 Å². The van der Waals surface area contributed by atoms with Crippen molar-refractivity contribution in [1.29, 1.82) is 0 Å². The first kappa shape index (κ1) is 23.5. The number of halogens is 2. The van der Waals surface area contributed by atoms with Gasteiger partial charge in [-0.25, -0.2) is 17.5 Å². The molecule has 34 heavy (non-hydrogen) atoms. The number of hydrogen-bond donors (Lipinski definition) is 1. The summed E-state index contributed by atoms with van der Waals surface area (Å²) in [6, 6.07) is 18.3. The molecule has 0 bridgehead atoms. The van der Waals surface area contributed by atoms with Crippen molar-refractivity contribution in [1.82, 2.24) is 14.7 Å². The summed E-state index contributed by atoms with van der Waals surface area (Å²) in [5, 5.41) is 4.45. The first-order chi connectivity index (χ1) is 16.2. The van der Waals surface area contributed by atoms with Crippen molar-refractivity contribution in [2.24, 2.45) is 0 Å². The van der Waals surface area contributed by atoms with E-state index in [1.165, 1.54) is 35.2 Å². The van der Waals surface area contributed by atoms with Gasteiger partial charge in [0.25, 0.3) is 15.9 Å². The molecule has 0 saturated carbocycles. The number of amides is 1. The number of aromatic nitrogens is 2. The molecule has 0 aliphatic carbocycles. The lowest BCUT2D eigenvalue weighted by atomic mass is 10.2. The number of benzene rings is 3. The fraction of sp³-hybridized carbons (Fsp3) is 0.0833. The molecular weight excluding hydrogens is 479 g/mol. The van der Waals surface area contributed by atoms with E-state index in [9.17, 15) is 17.6 Å². The quantitative estimate of drug-likeness (QED) is 0.399. The molecule has 174 valence electrons. The third kappa shape index (κ3) is 5.27. The maximum atomic E-state index is 13.1. The fourth-order valence-electron chi connectivity index (χ4n) is 3.28. The Balaban J connectivity index is 1.52. The van der Waals surface area contributed by atoms with Gasteiger partial charge in [-0.05, 0) is 54.6 Å². The van der Waals surface area contributed by atoms with Crippen molar-refractivity contribution < 1.29 is 17.6 Å². The van der Waals surface area contributed by atoms with Crippen LogP contribution in [0, 0.1) is 5.82 Å². The third-order valence-electron chi connectivity index (χ3n) is 5.00. The van der Waals surface area contributed by atoms with E-state index in [4.69, 9.17) is 11.6 Å². The van der Waals surface area contributed by atoms with Crippen LogP contribution in [0.3, 0.4) is 0 Å². The van der Waals surface area contributed by atoms with Gasteiger partial charge in [0.05, 0.1) is 27.4 Å². The van der Waals surface area contributed by atoms with E-state index in [-0.39, 0.29) is 27.7 Å². The van der Waals surface area contributed by atoms with Crippen LogP contribution in [0.25, 0.3) is 5.69 Å². The van der Waals surface area contributed by atoms with Crippen LogP contribution < -0.4 is 4.72 Å². The first-order valence-corrected chi connectivity index (χ1v) is 12.0. The molecule has 0 atom stereocenters. The number of carbonyl (C=O) groups is 1. The second kappa shape index (κ2) is 9.66. The predicted molar refractivity (Wildman–Crippen MR) is 128 cm³/mol. The molecule has 0 unspecified atom stereocenters. The number of nitrogens with one attached hydrogen (secondary N) is 1. The van der Waals surface area contributed by atoms with Crippen molar-refractivity contribution >= 4 is 33.2 Å². The average Bonchev–Trinajstić information content (AvgIpc) is 3.29. The van der Waals surface area contributed by atoms with Crippen LogP contribution in [0.1, 0.15) is 15.9 Å². The van der Waals surface area contributed by atoms with Gasteiger partial charge in [0.1, 0.15) is 5.82 Å². The summed E-state index contributed by atoms with van der Waals surface area (Å²) in [7, 11) is -2.43. The Morgan fingerprint density at radius 2 is 1.79 bits per heavy atom. The lowest BCUT2D eigenvalue weighted by molar-refractivity contribution is 0.0785. The number of hydrogen-bond acceptors (Lipinski definition) is 4. The highest BCUT2D eigenvalue weighted by molar-refractivity contribution is 7.92. The number of nitrogens with zero attached hydrogens (tertiary/aromatic N) is 3. The minimum atomic E-state index is -4.03. The molecule has 0 saturated heterocycles. The Hall–Kier alpha value is -3.69.